The highest BCUT2D eigenvalue weighted by molar-refractivity contribution is 5.81. The highest BCUT2D eigenvalue weighted by atomic mass is 16.3. The third kappa shape index (κ3) is 1.69. The summed E-state index contributed by atoms with van der Waals surface area (Å²) in [5.41, 5.74) is 1.99. The summed E-state index contributed by atoms with van der Waals surface area (Å²) in [6.07, 6.45) is 0. The van der Waals surface area contributed by atoms with E-state index in [0.717, 1.165) is 0 Å². The number of benzene rings is 2. The van der Waals surface area contributed by atoms with Gasteiger partial charge in [-0.05, 0) is 25.0 Å². The number of phenolic OH excluding ortho intramolecular Hbond substituents is 3. The molecule has 3 heteroatoms. The Bertz CT molecular complexity index is 530. The van der Waals surface area contributed by atoms with Crippen LogP contribution in [0.2, 0.25) is 0 Å². The lowest BCUT2D eigenvalue weighted by Gasteiger charge is -2.14. The molecule has 0 amide bonds. The Kier molecular flexibility index (Phi) is 2.68. The van der Waals surface area contributed by atoms with Gasteiger partial charge < -0.3 is 15.3 Å². The predicted molar refractivity (Wildman–Crippen MR) is 66.3 cm³/mol. The average Bonchev–Trinajstić information content (AvgIpc) is 2.36. The van der Waals surface area contributed by atoms with Crippen LogP contribution in [0.5, 0.6) is 17.2 Å². The molecule has 0 heterocycles. The molecular formula is C14H14O3. The highest BCUT2D eigenvalue weighted by Crippen LogP contribution is 2.47. The molecule has 0 radical (unpaired) electrons. The Morgan fingerprint density at radius 3 is 1.82 bits per heavy atom. The average molecular weight is 230 g/mol. The summed E-state index contributed by atoms with van der Waals surface area (Å²) in [6, 6.07) is 8.99. The van der Waals surface area contributed by atoms with Gasteiger partial charge in [0.25, 0.3) is 0 Å². The molecule has 0 atom stereocenters. The van der Waals surface area contributed by atoms with Crippen LogP contribution < -0.4 is 0 Å². The van der Waals surface area contributed by atoms with Crippen molar-refractivity contribution >= 4 is 0 Å². The van der Waals surface area contributed by atoms with Gasteiger partial charge in [-0.15, -0.1) is 0 Å². The van der Waals surface area contributed by atoms with Crippen molar-refractivity contribution in [3.8, 4) is 28.4 Å². The van der Waals surface area contributed by atoms with Gasteiger partial charge in [0.2, 0.25) is 0 Å². The van der Waals surface area contributed by atoms with Crippen LogP contribution in [-0.4, -0.2) is 15.3 Å². The third-order valence-electron chi connectivity index (χ3n) is 3.03. The lowest BCUT2D eigenvalue weighted by Crippen LogP contribution is -1.89. The summed E-state index contributed by atoms with van der Waals surface area (Å²) in [5, 5.41) is 29.8. The number of rotatable bonds is 1. The molecule has 0 aliphatic heterocycles. The first-order valence-electron chi connectivity index (χ1n) is 5.33. The van der Waals surface area contributed by atoms with Gasteiger partial charge in [-0.2, -0.15) is 0 Å². The Morgan fingerprint density at radius 2 is 1.24 bits per heavy atom. The maximum Gasteiger partial charge on any atom is 0.169 e. The maximum absolute atomic E-state index is 10.1. The van der Waals surface area contributed by atoms with E-state index in [1.807, 2.05) is 6.07 Å². The molecular weight excluding hydrogens is 216 g/mol. The zero-order chi connectivity index (χ0) is 12.6. The molecule has 17 heavy (non-hydrogen) atoms. The minimum Gasteiger partial charge on any atom is -0.507 e. The SMILES string of the molecule is Cc1c(C)c(O)c(-c2ccccc2)c(O)c1O. The molecule has 3 N–H and O–H groups in total. The molecule has 88 valence electrons. The molecule has 2 rings (SSSR count). The van der Waals surface area contributed by atoms with Gasteiger partial charge in [0.15, 0.2) is 11.5 Å². The molecule has 0 spiro atoms. The van der Waals surface area contributed by atoms with Crippen molar-refractivity contribution in [2.75, 3.05) is 0 Å². The third-order valence-corrected chi connectivity index (χ3v) is 3.03. The van der Waals surface area contributed by atoms with E-state index in [1.54, 1.807) is 38.1 Å². The van der Waals surface area contributed by atoms with Crippen LogP contribution in [0.4, 0.5) is 0 Å². The van der Waals surface area contributed by atoms with Crippen molar-refractivity contribution < 1.29 is 15.3 Å². The second-order valence-corrected chi connectivity index (χ2v) is 4.04. The predicted octanol–water partition coefficient (Wildman–Crippen LogP) is 3.09. The first-order valence-corrected chi connectivity index (χ1v) is 5.33. The van der Waals surface area contributed by atoms with E-state index in [1.165, 1.54) is 0 Å². The summed E-state index contributed by atoms with van der Waals surface area (Å²) in [6.45, 7) is 3.36. The quantitative estimate of drug-likeness (QED) is 0.521. The van der Waals surface area contributed by atoms with Crippen molar-refractivity contribution in [3.63, 3.8) is 0 Å². The molecule has 0 fully saturated rings. The summed E-state index contributed by atoms with van der Waals surface area (Å²) >= 11 is 0. The van der Waals surface area contributed by atoms with Crippen molar-refractivity contribution in [1.82, 2.24) is 0 Å². The topological polar surface area (TPSA) is 60.7 Å². The number of phenols is 3. The van der Waals surface area contributed by atoms with Crippen LogP contribution in [0.3, 0.4) is 0 Å². The Balaban J connectivity index is 2.80. The molecule has 0 saturated carbocycles. The minimum absolute atomic E-state index is 0.00370. The second kappa shape index (κ2) is 4.01. The number of hydrogen-bond acceptors (Lipinski definition) is 3. The van der Waals surface area contributed by atoms with Gasteiger partial charge in [0.1, 0.15) is 5.75 Å². The van der Waals surface area contributed by atoms with E-state index >= 15 is 0 Å². The molecule has 0 aliphatic rings. The standard InChI is InChI=1S/C14H14O3/c1-8-9(2)13(16)14(17)11(12(8)15)10-6-4-3-5-7-10/h3-7,15-17H,1-2H3. The lowest BCUT2D eigenvalue weighted by atomic mass is 9.96. The van der Waals surface area contributed by atoms with Crippen LogP contribution in [0.25, 0.3) is 11.1 Å². The van der Waals surface area contributed by atoms with E-state index in [0.29, 0.717) is 16.7 Å². The minimum atomic E-state index is -0.281. The van der Waals surface area contributed by atoms with E-state index < -0.39 is 0 Å². The number of hydrogen-bond donors (Lipinski definition) is 3. The van der Waals surface area contributed by atoms with Gasteiger partial charge in [-0.25, -0.2) is 0 Å². The van der Waals surface area contributed by atoms with Crippen LogP contribution >= 0.6 is 0 Å². The maximum atomic E-state index is 10.1. The first-order chi connectivity index (χ1) is 8.04. The molecule has 0 bridgehead atoms. The van der Waals surface area contributed by atoms with E-state index in [4.69, 9.17) is 0 Å². The van der Waals surface area contributed by atoms with Crippen molar-refractivity contribution in [2.45, 2.75) is 13.8 Å². The normalized spacial score (nSPS) is 10.5. The molecule has 2 aromatic rings. The zero-order valence-corrected chi connectivity index (χ0v) is 9.73. The van der Waals surface area contributed by atoms with E-state index in [-0.39, 0.29) is 22.8 Å². The van der Waals surface area contributed by atoms with Gasteiger partial charge >= 0.3 is 0 Å². The monoisotopic (exact) mass is 230 g/mol. The summed E-state index contributed by atoms with van der Waals surface area (Å²) in [5.74, 6) is -0.458. The zero-order valence-electron chi connectivity index (χ0n) is 9.73. The molecule has 0 aromatic heterocycles. The second-order valence-electron chi connectivity index (χ2n) is 4.04. The summed E-state index contributed by atoms with van der Waals surface area (Å²) in [4.78, 5) is 0. The molecule has 0 aliphatic carbocycles. The lowest BCUT2D eigenvalue weighted by molar-refractivity contribution is 0.394. The summed E-state index contributed by atoms with van der Waals surface area (Å²) < 4.78 is 0. The first kappa shape index (κ1) is 11.3. The number of aromatic hydroxyl groups is 3. The Labute approximate surface area is 99.6 Å². The molecule has 0 unspecified atom stereocenters. The van der Waals surface area contributed by atoms with Gasteiger partial charge in [0, 0.05) is 5.56 Å². The van der Waals surface area contributed by atoms with E-state index in [2.05, 4.69) is 0 Å². The largest absolute Gasteiger partial charge is 0.507 e. The smallest absolute Gasteiger partial charge is 0.169 e. The van der Waals surface area contributed by atoms with Crippen molar-refractivity contribution in [1.29, 1.82) is 0 Å². The van der Waals surface area contributed by atoms with Crippen LogP contribution in [0.1, 0.15) is 11.1 Å². The van der Waals surface area contributed by atoms with Crippen LogP contribution in [0.15, 0.2) is 30.3 Å². The van der Waals surface area contributed by atoms with Gasteiger partial charge in [-0.1, -0.05) is 30.3 Å². The van der Waals surface area contributed by atoms with Crippen LogP contribution in [0, 0.1) is 13.8 Å². The van der Waals surface area contributed by atoms with Crippen molar-refractivity contribution in [2.24, 2.45) is 0 Å². The molecule has 2 aromatic carbocycles. The molecule has 0 saturated heterocycles. The fourth-order valence-electron chi connectivity index (χ4n) is 1.83. The molecule has 3 nitrogen and oxygen atoms in total. The Hall–Kier alpha value is -2.16. The van der Waals surface area contributed by atoms with Crippen molar-refractivity contribution in [3.05, 3.63) is 41.5 Å². The van der Waals surface area contributed by atoms with Gasteiger partial charge in [0.05, 0.1) is 5.56 Å². The van der Waals surface area contributed by atoms with E-state index in [9.17, 15) is 15.3 Å². The van der Waals surface area contributed by atoms with Crippen LogP contribution in [-0.2, 0) is 0 Å². The fourth-order valence-corrected chi connectivity index (χ4v) is 1.83. The van der Waals surface area contributed by atoms with Gasteiger partial charge in [-0.3, -0.25) is 0 Å². The highest BCUT2D eigenvalue weighted by Gasteiger charge is 2.19. The summed E-state index contributed by atoms with van der Waals surface area (Å²) in [7, 11) is 0. The Morgan fingerprint density at radius 1 is 0.706 bits per heavy atom. The fraction of sp³-hybridized carbons (Fsp3) is 0.143.